The van der Waals surface area contributed by atoms with E-state index in [9.17, 15) is 4.79 Å². The number of allylic oxidation sites excluding steroid dienone is 1. The van der Waals surface area contributed by atoms with Crippen LogP contribution in [0.3, 0.4) is 0 Å². The molecule has 0 spiro atoms. The topological polar surface area (TPSA) is 35.5 Å². The molecular weight excluding hydrogens is 156 g/mol. The Labute approximate surface area is 74.4 Å². The highest BCUT2D eigenvalue weighted by atomic mass is 16.6. The molecule has 0 aromatic heterocycles. The molecule has 0 aromatic rings. The summed E-state index contributed by atoms with van der Waals surface area (Å²) in [5.74, 6) is -0.264. The molecule has 0 amide bonds. The van der Waals surface area contributed by atoms with E-state index in [2.05, 4.69) is 6.58 Å². The maximum Gasteiger partial charge on any atom is 0.302 e. The van der Waals surface area contributed by atoms with Crippen LogP contribution in [0.5, 0.6) is 0 Å². The highest BCUT2D eigenvalue weighted by Crippen LogP contribution is 1.90. The van der Waals surface area contributed by atoms with Gasteiger partial charge in [0, 0.05) is 14.0 Å². The second-order valence-electron chi connectivity index (χ2n) is 2.28. The van der Waals surface area contributed by atoms with Gasteiger partial charge in [-0.3, -0.25) is 4.79 Å². The van der Waals surface area contributed by atoms with Crippen LogP contribution in [0, 0.1) is 0 Å². The van der Waals surface area contributed by atoms with Crippen molar-refractivity contribution in [1.82, 2.24) is 0 Å². The van der Waals surface area contributed by atoms with Crippen LogP contribution in [-0.2, 0) is 14.3 Å². The first-order chi connectivity index (χ1) is 5.58. The van der Waals surface area contributed by atoms with Gasteiger partial charge in [-0.15, -0.1) is 6.58 Å². The van der Waals surface area contributed by atoms with Gasteiger partial charge in [-0.05, 0) is 13.8 Å². The average molecular weight is 174 g/mol. The third-order valence-corrected chi connectivity index (χ3v) is 0.769. The monoisotopic (exact) mass is 174 g/mol. The summed E-state index contributed by atoms with van der Waals surface area (Å²) >= 11 is 0. The van der Waals surface area contributed by atoms with Crippen LogP contribution in [0.25, 0.3) is 0 Å². The first kappa shape index (κ1) is 13.7. The van der Waals surface area contributed by atoms with E-state index in [0.717, 1.165) is 0 Å². The van der Waals surface area contributed by atoms with E-state index in [1.165, 1.54) is 6.92 Å². The maximum atomic E-state index is 10.3. The Morgan fingerprint density at radius 1 is 1.67 bits per heavy atom. The number of methoxy groups -OCH3 is 1. The maximum absolute atomic E-state index is 10.3. The number of esters is 1. The summed E-state index contributed by atoms with van der Waals surface area (Å²) in [6.45, 7) is 8.87. The van der Waals surface area contributed by atoms with Crippen molar-refractivity contribution >= 4 is 5.97 Å². The molecule has 0 aliphatic carbocycles. The van der Waals surface area contributed by atoms with E-state index in [0.29, 0.717) is 6.61 Å². The lowest BCUT2D eigenvalue weighted by molar-refractivity contribution is -0.147. The molecule has 3 heteroatoms. The quantitative estimate of drug-likeness (QED) is 0.483. The van der Waals surface area contributed by atoms with Gasteiger partial charge in [-0.1, -0.05) is 6.08 Å². The van der Waals surface area contributed by atoms with Gasteiger partial charge in [0.15, 0.2) is 0 Å². The first-order valence-electron chi connectivity index (χ1n) is 3.81. The van der Waals surface area contributed by atoms with Crippen molar-refractivity contribution in [2.45, 2.75) is 26.9 Å². The Kier molecular flexibility index (Phi) is 11.6. The van der Waals surface area contributed by atoms with Crippen LogP contribution in [0.1, 0.15) is 20.8 Å². The van der Waals surface area contributed by atoms with Crippen molar-refractivity contribution in [2.75, 3.05) is 13.7 Å². The summed E-state index contributed by atoms with van der Waals surface area (Å²) in [6, 6.07) is 0. The largest absolute Gasteiger partial charge is 0.460 e. The van der Waals surface area contributed by atoms with Crippen molar-refractivity contribution in [1.29, 1.82) is 0 Å². The molecule has 0 aliphatic heterocycles. The fraction of sp³-hybridized carbons (Fsp3) is 0.667. The molecule has 0 rings (SSSR count). The molecule has 0 bridgehead atoms. The average Bonchev–Trinajstić information content (AvgIpc) is 1.87. The fourth-order valence-electron chi connectivity index (χ4n) is 0.552. The van der Waals surface area contributed by atoms with Crippen LogP contribution in [-0.4, -0.2) is 25.8 Å². The fourth-order valence-corrected chi connectivity index (χ4v) is 0.552. The van der Waals surface area contributed by atoms with Gasteiger partial charge in [0.25, 0.3) is 0 Å². The summed E-state index contributed by atoms with van der Waals surface area (Å²) in [4.78, 5) is 10.3. The summed E-state index contributed by atoms with van der Waals surface area (Å²) in [6.07, 6.45) is 1.62. The molecule has 0 radical (unpaired) electrons. The third-order valence-electron chi connectivity index (χ3n) is 0.769. The number of rotatable bonds is 3. The zero-order valence-corrected chi connectivity index (χ0v) is 8.29. The number of carbonyl (C=O) groups is 1. The minimum Gasteiger partial charge on any atom is -0.460 e. The molecule has 72 valence electrons. The zero-order chi connectivity index (χ0) is 9.98. The van der Waals surface area contributed by atoms with Gasteiger partial charge in [-0.2, -0.15) is 0 Å². The van der Waals surface area contributed by atoms with Gasteiger partial charge >= 0.3 is 5.97 Å². The highest BCUT2D eigenvalue weighted by Gasteiger charge is 2.02. The summed E-state index contributed by atoms with van der Waals surface area (Å²) in [7, 11) is 1.57. The van der Waals surface area contributed by atoms with E-state index < -0.39 is 0 Å². The Balaban J connectivity index is 0. The minimum absolute atomic E-state index is 0.132. The Morgan fingerprint density at radius 3 is 2.33 bits per heavy atom. The molecule has 0 heterocycles. The van der Waals surface area contributed by atoms with Crippen molar-refractivity contribution < 1.29 is 14.3 Å². The Hall–Kier alpha value is -0.830. The van der Waals surface area contributed by atoms with Crippen molar-refractivity contribution in [3.63, 3.8) is 0 Å². The van der Waals surface area contributed by atoms with Crippen molar-refractivity contribution in [3.8, 4) is 0 Å². The smallest absolute Gasteiger partial charge is 0.302 e. The highest BCUT2D eigenvalue weighted by molar-refractivity contribution is 5.66. The minimum atomic E-state index is -0.264. The molecule has 3 nitrogen and oxygen atoms in total. The van der Waals surface area contributed by atoms with Crippen molar-refractivity contribution in [2.24, 2.45) is 0 Å². The molecule has 0 aliphatic rings. The first-order valence-corrected chi connectivity index (χ1v) is 3.81. The summed E-state index contributed by atoms with van der Waals surface area (Å²) < 4.78 is 9.45. The van der Waals surface area contributed by atoms with Crippen LogP contribution in [0.2, 0.25) is 0 Å². The lowest BCUT2D eigenvalue weighted by Gasteiger charge is -2.08. The van der Waals surface area contributed by atoms with Gasteiger partial charge in [0.1, 0.15) is 6.10 Å². The van der Waals surface area contributed by atoms with E-state index in [1.807, 2.05) is 6.92 Å². The van der Waals surface area contributed by atoms with Crippen LogP contribution in [0.15, 0.2) is 12.7 Å². The molecule has 0 aromatic carbocycles. The molecule has 0 N–H and O–H groups in total. The predicted octanol–water partition coefficient (Wildman–Crippen LogP) is 1.78. The van der Waals surface area contributed by atoms with E-state index in [1.54, 1.807) is 20.1 Å². The van der Waals surface area contributed by atoms with Crippen molar-refractivity contribution in [3.05, 3.63) is 12.7 Å². The lowest BCUT2D eigenvalue weighted by Crippen LogP contribution is -2.17. The summed E-state index contributed by atoms with van der Waals surface area (Å²) in [5, 5.41) is 0. The van der Waals surface area contributed by atoms with Crippen LogP contribution < -0.4 is 0 Å². The second-order valence-corrected chi connectivity index (χ2v) is 2.28. The van der Waals surface area contributed by atoms with E-state index >= 15 is 0 Å². The van der Waals surface area contributed by atoms with Gasteiger partial charge in [0.05, 0.1) is 6.61 Å². The summed E-state index contributed by atoms with van der Waals surface area (Å²) in [5.41, 5.74) is 0. The van der Waals surface area contributed by atoms with Crippen LogP contribution >= 0.6 is 0 Å². The van der Waals surface area contributed by atoms with Crippen LogP contribution in [0.4, 0.5) is 0 Å². The molecule has 0 saturated heterocycles. The SMILES string of the molecule is C=CC.COCC(C)OC(C)=O. The molecule has 0 saturated carbocycles. The Morgan fingerprint density at radius 2 is 2.08 bits per heavy atom. The number of hydrogen-bond donors (Lipinski definition) is 0. The van der Waals surface area contributed by atoms with E-state index in [-0.39, 0.29) is 12.1 Å². The number of ether oxygens (including phenoxy) is 2. The second kappa shape index (κ2) is 10.2. The van der Waals surface area contributed by atoms with Gasteiger partial charge in [-0.25, -0.2) is 0 Å². The molecule has 1 unspecified atom stereocenters. The molecule has 0 fully saturated rings. The normalized spacial score (nSPS) is 10.7. The number of carbonyl (C=O) groups excluding carboxylic acids is 1. The van der Waals surface area contributed by atoms with Gasteiger partial charge in [0.2, 0.25) is 0 Å². The standard InChI is InChI=1S/C6H12O3.C3H6/c1-5(4-8-3)9-6(2)7;1-3-2/h5H,4H2,1-3H3;3H,1H2,2H3. The molecule has 1 atom stereocenters. The predicted molar refractivity (Wildman–Crippen MR) is 49.0 cm³/mol. The molecule has 12 heavy (non-hydrogen) atoms. The lowest BCUT2D eigenvalue weighted by atomic mass is 10.4. The zero-order valence-electron chi connectivity index (χ0n) is 8.29. The molecular formula is C9H18O3. The third kappa shape index (κ3) is 16.1. The number of hydrogen-bond acceptors (Lipinski definition) is 3. The van der Waals surface area contributed by atoms with Gasteiger partial charge < -0.3 is 9.47 Å². The van der Waals surface area contributed by atoms with E-state index in [4.69, 9.17) is 9.47 Å². The Bertz CT molecular complexity index is 121.